The van der Waals surface area contributed by atoms with Crippen molar-refractivity contribution in [3.05, 3.63) is 52.0 Å². The van der Waals surface area contributed by atoms with Crippen LogP contribution in [0.4, 0.5) is 0 Å². The van der Waals surface area contributed by atoms with Gasteiger partial charge in [0.1, 0.15) is 5.01 Å². The zero-order valence-electron chi connectivity index (χ0n) is 11.2. The molecule has 0 radical (unpaired) electrons. The van der Waals surface area contributed by atoms with Crippen LogP contribution in [0, 0.1) is 0 Å². The molecule has 0 unspecified atom stereocenters. The minimum atomic E-state index is -0.203. The Morgan fingerprint density at radius 1 is 1.20 bits per heavy atom. The Morgan fingerprint density at radius 2 is 2.00 bits per heavy atom. The van der Waals surface area contributed by atoms with Crippen LogP contribution in [0.2, 0.25) is 0 Å². The van der Waals surface area contributed by atoms with Crippen LogP contribution in [0.3, 0.4) is 0 Å². The molecule has 1 N–H and O–H groups in total. The van der Waals surface area contributed by atoms with Crippen molar-refractivity contribution < 1.29 is 9.47 Å². The fourth-order valence-corrected chi connectivity index (χ4v) is 3.00. The third-order valence-electron chi connectivity index (χ3n) is 3.14. The summed E-state index contributed by atoms with van der Waals surface area (Å²) in [5, 5.41) is 4.50. The lowest BCUT2D eigenvalue weighted by molar-refractivity contribution is -0.0414. The highest BCUT2D eigenvalue weighted by Crippen LogP contribution is 2.27. The second-order valence-electron chi connectivity index (χ2n) is 4.64. The van der Waals surface area contributed by atoms with Crippen LogP contribution in [0.1, 0.15) is 21.7 Å². The number of thiazole rings is 1. The number of rotatable bonds is 6. The third kappa shape index (κ3) is 3.64. The quantitative estimate of drug-likeness (QED) is 0.830. The number of hydrogen-bond acceptors (Lipinski definition) is 5. The molecule has 5 heteroatoms. The van der Waals surface area contributed by atoms with Crippen LogP contribution < -0.4 is 5.32 Å². The van der Waals surface area contributed by atoms with E-state index in [-0.39, 0.29) is 6.29 Å². The zero-order valence-corrected chi connectivity index (χ0v) is 12.1. The van der Waals surface area contributed by atoms with Crippen molar-refractivity contribution in [1.29, 1.82) is 0 Å². The van der Waals surface area contributed by atoms with Crippen LogP contribution in [0.25, 0.3) is 0 Å². The van der Waals surface area contributed by atoms with Gasteiger partial charge in [0.15, 0.2) is 6.29 Å². The molecule has 3 rings (SSSR count). The Kier molecular flexibility index (Phi) is 4.76. The van der Waals surface area contributed by atoms with E-state index in [0.29, 0.717) is 13.2 Å². The van der Waals surface area contributed by atoms with Gasteiger partial charge in [-0.1, -0.05) is 30.3 Å². The minimum absolute atomic E-state index is 0.203. The fraction of sp³-hybridized carbons (Fsp3) is 0.400. The second kappa shape index (κ2) is 6.95. The Labute approximate surface area is 122 Å². The molecule has 0 aliphatic carbocycles. The maximum absolute atomic E-state index is 5.46. The smallest absolute Gasteiger partial charge is 0.194 e. The molecule has 1 aromatic heterocycles. The van der Waals surface area contributed by atoms with E-state index in [1.165, 1.54) is 5.56 Å². The van der Waals surface area contributed by atoms with Gasteiger partial charge < -0.3 is 14.8 Å². The number of nitrogens with one attached hydrogen (secondary N) is 1. The summed E-state index contributed by atoms with van der Waals surface area (Å²) < 4.78 is 10.9. The molecular weight excluding hydrogens is 272 g/mol. The van der Waals surface area contributed by atoms with Gasteiger partial charge in [-0.05, 0) is 18.5 Å². The van der Waals surface area contributed by atoms with Crippen LogP contribution in [0.5, 0.6) is 0 Å². The fourth-order valence-electron chi connectivity index (χ4n) is 2.11. The molecule has 0 bridgehead atoms. The first-order chi connectivity index (χ1) is 9.92. The second-order valence-corrected chi connectivity index (χ2v) is 5.79. The SMILES string of the molecule is c1ccc(CCNCc2ncc(C3OCCO3)s2)cc1. The van der Waals surface area contributed by atoms with Crippen LogP contribution in [-0.4, -0.2) is 24.7 Å². The summed E-state index contributed by atoms with van der Waals surface area (Å²) in [6, 6.07) is 10.5. The van der Waals surface area contributed by atoms with Crippen LogP contribution in [0.15, 0.2) is 36.5 Å². The van der Waals surface area contributed by atoms with Gasteiger partial charge in [-0.15, -0.1) is 11.3 Å². The molecular formula is C15H18N2O2S. The number of hydrogen-bond donors (Lipinski definition) is 1. The number of aromatic nitrogens is 1. The Bertz CT molecular complexity index is 524. The molecule has 1 aliphatic heterocycles. The lowest BCUT2D eigenvalue weighted by atomic mass is 10.1. The molecule has 20 heavy (non-hydrogen) atoms. The highest BCUT2D eigenvalue weighted by Gasteiger charge is 2.20. The van der Waals surface area contributed by atoms with E-state index >= 15 is 0 Å². The van der Waals surface area contributed by atoms with Gasteiger partial charge in [0.05, 0.1) is 18.1 Å². The predicted octanol–water partition coefficient (Wildman–Crippen LogP) is 2.52. The maximum Gasteiger partial charge on any atom is 0.194 e. The topological polar surface area (TPSA) is 43.4 Å². The lowest BCUT2D eigenvalue weighted by Crippen LogP contribution is -2.16. The summed E-state index contributed by atoms with van der Waals surface area (Å²) in [5.74, 6) is 0. The molecule has 0 spiro atoms. The standard InChI is InChI=1S/C15H18N2O2S/c1-2-4-12(5-3-1)6-7-16-11-14-17-10-13(20-14)15-18-8-9-19-15/h1-5,10,15-16H,6-9,11H2. The van der Waals surface area contributed by atoms with E-state index in [0.717, 1.165) is 29.4 Å². The summed E-state index contributed by atoms with van der Waals surface area (Å²) in [5.41, 5.74) is 1.35. The van der Waals surface area contributed by atoms with Crippen LogP contribution in [-0.2, 0) is 22.4 Å². The van der Waals surface area contributed by atoms with E-state index < -0.39 is 0 Å². The van der Waals surface area contributed by atoms with Gasteiger partial charge >= 0.3 is 0 Å². The summed E-state index contributed by atoms with van der Waals surface area (Å²) in [4.78, 5) is 5.46. The molecule has 1 aliphatic rings. The van der Waals surface area contributed by atoms with Gasteiger partial charge in [0.25, 0.3) is 0 Å². The predicted molar refractivity (Wildman–Crippen MR) is 78.6 cm³/mol. The average Bonchev–Trinajstić information content (AvgIpc) is 3.15. The van der Waals surface area contributed by atoms with Gasteiger partial charge in [0.2, 0.25) is 0 Å². The van der Waals surface area contributed by atoms with Crippen molar-refractivity contribution in [3.63, 3.8) is 0 Å². The molecule has 0 saturated carbocycles. The third-order valence-corrected chi connectivity index (χ3v) is 4.15. The minimum Gasteiger partial charge on any atom is -0.345 e. The molecule has 4 nitrogen and oxygen atoms in total. The first kappa shape index (κ1) is 13.7. The highest BCUT2D eigenvalue weighted by atomic mass is 32.1. The Hall–Kier alpha value is -1.27. The molecule has 0 atom stereocenters. The number of benzene rings is 1. The molecule has 2 aromatic rings. The van der Waals surface area contributed by atoms with Crippen molar-refractivity contribution in [2.75, 3.05) is 19.8 Å². The van der Waals surface area contributed by atoms with Crippen molar-refractivity contribution in [2.24, 2.45) is 0 Å². The van der Waals surface area contributed by atoms with Crippen LogP contribution >= 0.6 is 11.3 Å². The van der Waals surface area contributed by atoms with Gasteiger partial charge in [-0.2, -0.15) is 0 Å². The van der Waals surface area contributed by atoms with E-state index in [9.17, 15) is 0 Å². The summed E-state index contributed by atoms with van der Waals surface area (Å²) in [7, 11) is 0. The number of nitrogens with zero attached hydrogens (tertiary/aromatic N) is 1. The van der Waals surface area contributed by atoms with Gasteiger partial charge in [0, 0.05) is 12.7 Å². The highest BCUT2D eigenvalue weighted by molar-refractivity contribution is 7.11. The van der Waals surface area contributed by atoms with Crippen molar-refractivity contribution in [1.82, 2.24) is 10.3 Å². The average molecular weight is 290 g/mol. The molecule has 1 saturated heterocycles. The maximum atomic E-state index is 5.46. The largest absolute Gasteiger partial charge is 0.345 e. The molecule has 1 fully saturated rings. The van der Waals surface area contributed by atoms with E-state index in [2.05, 4.69) is 34.6 Å². The first-order valence-electron chi connectivity index (χ1n) is 6.84. The van der Waals surface area contributed by atoms with Crippen molar-refractivity contribution in [3.8, 4) is 0 Å². The molecule has 2 heterocycles. The zero-order chi connectivity index (χ0) is 13.6. The van der Waals surface area contributed by atoms with E-state index in [4.69, 9.17) is 9.47 Å². The summed E-state index contributed by atoms with van der Waals surface area (Å²) in [6.07, 6.45) is 2.69. The normalized spacial score (nSPS) is 15.8. The van der Waals surface area contributed by atoms with Gasteiger partial charge in [-0.25, -0.2) is 4.98 Å². The van der Waals surface area contributed by atoms with E-state index in [1.807, 2.05) is 12.3 Å². The van der Waals surface area contributed by atoms with Crippen molar-refractivity contribution >= 4 is 11.3 Å². The molecule has 0 amide bonds. The monoisotopic (exact) mass is 290 g/mol. The van der Waals surface area contributed by atoms with Gasteiger partial charge in [-0.3, -0.25) is 0 Å². The Morgan fingerprint density at radius 3 is 2.80 bits per heavy atom. The lowest BCUT2D eigenvalue weighted by Gasteiger charge is -2.04. The summed E-state index contributed by atoms with van der Waals surface area (Å²) >= 11 is 1.65. The Balaban J connectivity index is 1.42. The number of ether oxygens (including phenoxy) is 2. The molecule has 106 valence electrons. The molecule has 1 aromatic carbocycles. The summed E-state index contributed by atoms with van der Waals surface area (Å²) in [6.45, 7) is 3.10. The van der Waals surface area contributed by atoms with E-state index in [1.54, 1.807) is 11.3 Å². The first-order valence-corrected chi connectivity index (χ1v) is 7.66. The van der Waals surface area contributed by atoms with Crippen molar-refractivity contribution in [2.45, 2.75) is 19.3 Å².